The van der Waals surface area contributed by atoms with E-state index in [1.807, 2.05) is 12.4 Å². The van der Waals surface area contributed by atoms with Gasteiger partial charge in [0.05, 0.1) is 11.9 Å². The number of anilines is 1. The van der Waals surface area contributed by atoms with Gasteiger partial charge >= 0.3 is 0 Å². The highest BCUT2D eigenvalue weighted by Crippen LogP contribution is 2.19. The van der Waals surface area contributed by atoms with Crippen LogP contribution in [-0.2, 0) is 6.54 Å². The molecule has 1 aliphatic carbocycles. The maximum Gasteiger partial charge on any atom is 0.147 e. The lowest BCUT2D eigenvalue weighted by molar-refractivity contribution is 0.644. The van der Waals surface area contributed by atoms with Crippen LogP contribution in [0.15, 0.2) is 12.4 Å². The Morgan fingerprint density at radius 1 is 1.39 bits per heavy atom. The van der Waals surface area contributed by atoms with E-state index in [2.05, 4.69) is 36.0 Å². The first kappa shape index (κ1) is 13.3. The lowest BCUT2D eigenvalue weighted by Crippen LogP contribution is -2.32. The Labute approximate surface area is 110 Å². The van der Waals surface area contributed by atoms with Crippen molar-refractivity contribution in [2.75, 3.05) is 11.4 Å². The van der Waals surface area contributed by atoms with Crippen LogP contribution in [0.1, 0.15) is 45.7 Å². The molecule has 0 atom stereocenters. The van der Waals surface area contributed by atoms with Gasteiger partial charge < -0.3 is 10.2 Å². The molecule has 1 fully saturated rings. The molecule has 4 heteroatoms. The second-order valence-electron chi connectivity index (χ2n) is 5.31. The molecule has 0 bridgehead atoms. The molecule has 1 saturated carbocycles. The Kier molecular flexibility index (Phi) is 4.53. The van der Waals surface area contributed by atoms with Crippen molar-refractivity contribution in [3.8, 4) is 0 Å². The van der Waals surface area contributed by atoms with Crippen LogP contribution in [-0.4, -0.2) is 28.6 Å². The molecule has 0 amide bonds. The lowest BCUT2D eigenvalue weighted by Gasteiger charge is -2.27. The zero-order chi connectivity index (χ0) is 13.0. The van der Waals surface area contributed by atoms with Gasteiger partial charge in [-0.3, -0.25) is 4.98 Å². The molecule has 2 rings (SSSR count). The van der Waals surface area contributed by atoms with Crippen molar-refractivity contribution in [2.24, 2.45) is 0 Å². The summed E-state index contributed by atoms with van der Waals surface area (Å²) >= 11 is 0. The second-order valence-corrected chi connectivity index (χ2v) is 5.31. The average molecular weight is 248 g/mol. The standard InChI is InChI=1S/C14H24N4/c1-4-7-18(11(2)3)14-10-15-8-13(17-14)9-16-12-5-6-12/h8,10-12,16H,4-7,9H2,1-3H3. The minimum Gasteiger partial charge on any atom is -0.353 e. The van der Waals surface area contributed by atoms with Crippen LogP contribution in [0.25, 0.3) is 0 Å². The fourth-order valence-electron chi connectivity index (χ4n) is 2.03. The first-order valence-electron chi connectivity index (χ1n) is 7.01. The predicted octanol–water partition coefficient (Wildman–Crippen LogP) is 2.35. The van der Waals surface area contributed by atoms with Gasteiger partial charge in [-0.2, -0.15) is 0 Å². The summed E-state index contributed by atoms with van der Waals surface area (Å²) in [5.74, 6) is 1.00. The Morgan fingerprint density at radius 2 is 2.17 bits per heavy atom. The fourth-order valence-corrected chi connectivity index (χ4v) is 2.03. The van der Waals surface area contributed by atoms with Gasteiger partial charge in [-0.25, -0.2) is 4.98 Å². The Bertz CT molecular complexity index is 374. The highest BCUT2D eigenvalue weighted by atomic mass is 15.2. The fraction of sp³-hybridized carbons (Fsp3) is 0.714. The van der Waals surface area contributed by atoms with Crippen molar-refractivity contribution >= 4 is 5.82 Å². The Hall–Kier alpha value is -1.16. The number of nitrogens with one attached hydrogen (secondary N) is 1. The van der Waals surface area contributed by atoms with Gasteiger partial charge in [-0.1, -0.05) is 6.92 Å². The third kappa shape index (κ3) is 3.67. The van der Waals surface area contributed by atoms with Crippen molar-refractivity contribution in [1.82, 2.24) is 15.3 Å². The topological polar surface area (TPSA) is 41.1 Å². The smallest absolute Gasteiger partial charge is 0.147 e. The maximum absolute atomic E-state index is 4.71. The number of nitrogens with zero attached hydrogens (tertiary/aromatic N) is 3. The van der Waals surface area contributed by atoms with Crippen molar-refractivity contribution in [2.45, 2.75) is 58.7 Å². The number of hydrogen-bond acceptors (Lipinski definition) is 4. The van der Waals surface area contributed by atoms with Gasteiger partial charge in [0.1, 0.15) is 5.82 Å². The average Bonchev–Trinajstić information content (AvgIpc) is 3.17. The predicted molar refractivity (Wildman–Crippen MR) is 74.7 cm³/mol. The molecule has 0 unspecified atom stereocenters. The molecule has 0 aromatic carbocycles. The number of rotatable bonds is 7. The zero-order valence-corrected chi connectivity index (χ0v) is 11.7. The third-order valence-corrected chi connectivity index (χ3v) is 3.20. The molecule has 0 aliphatic heterocycles. The highest BCUT2D eigenvalue weighted by molar-refractivity contribution is 5.37. The van der Waals surface area contributed by atoms with Crippen LogP contribution in [0.5, 0.6) is 0 Å². The monoisotopic (exact) mass is 248 g/mol. The summed E-state index contributed by atoms with van der Waals surface area (Å²) in [6, 6.07) is 1.18. The van der Waals surface area contributed by atoms with E-state index in [0.717, 1.165) is 31.0 Å². The van der Waals surface area contributed by atoms with E-state index < -0.39 is 0 Å². The van der Waals surface area contributed by atoms with Crippen molar-refractivity contribution < 1.29 is 0 Å². The molecule has 1 aromatic rings. The molecule has 1 N–H and O–H groups in total. The van der Waals surface area contributed by atoms with E-state index >= 15 is 0 Å². The Morgan fingerprint density at radius 3 is 2.78 bits per heavy atom. The van der Waals surface area contributed by atoms with Crippen LogP contribution in [0.3, 0.4) is 0 Å². The van der Waals surface area contributed by atoms with Gasteiger partial charge in [-0.15, -0.1) is 0 Å². The van der Waals surface area contributed by atoms with E-state index in [0.29, 0.717) is 12.1 Å². The van der Waals surface area contributed by atoms with E-state index in [1.54, 1.807) is 0 Å². The molecule has 0 radical (unpaired) electrons. The Balaban J connectivity index is 2.03. The number of aromatic nitrogens is 2. The van der Waals surface area contributed by atoms with Crippen LogP contribution >= 0.6 is 0 Å². The molecule has 100 valence electrons. The molecule has 0 spiro atoms. The quantitative estimate of drug-likeness (QED) is 0.804. The summed E-state index contributed by atoms with van der Waals surface area (Å²) in [7, 11) is 0. The summed E-state index contributed by atoms with van der Waals surface area (Å²) in [5, 5.41) is 3.48. The van der Waals surface area contributed by atoms with Gasteiger partial charge in [0.25, 0.3) is 0 Å². The summed E-state index contributed by atoms with van der Waals surface area (Å²) in [6.07, 6.45) is 7.48. The first-order chi connectivity index (χ1) is 8.70. The minimum absolute atomic E-state index is 0.464. The van der Waals surface area contributed by atoms with E-state index in [1.165, 1.54) is 12.8 Å². The SMILES string of the molecule is CCCN(c1cncc(CNC2CC2)n1)C(C)C. The molecular weight excluding hydrogens is 224 g/mol. The molecule has 1 aromatic heterocycles. The van der Waals surface area contributed by atoms with Crippen LogP contribution in [0, 0.1) is 0 Å². The lowest BCUT2D eigenvalue weighted by atomic mass is 10.3. The van der Waals surface area contributed by atoms with E-state index in [9.17, 15) is 0 Å². The van der Waals surface area contributed by atoms with Crippen LogP contribution < -0.4 is 10.2 Å². The van der Waals surface area contributed by atoms with Crippen LogP contribution in [0.2, 0.25) is 0 Å². The second kappa shape index (κ2) is 6.14. The largest absolute Gasteiger partial charge is 0.353 e. The van der Waals surface area contributed by atoms with Gasteiger partial charge in [-0.05, 0) is 33.1 Å². The molecule has 4 nitrogen and oxygen atoms in total. The van der Waals surface area contributed by atoms with E-state index in [4.69, 9.17) is 4.98 Å². The maximum atomic E-state index is 4.71. The van der Waals surface area contributed by atoms with Gasteiger partial charge in [0, 0.05) is 31.4 Å². The van der Waals surface area contributed by atoms with Gasteiger partial charge in [0.15, 0.2) is 0 Å². The molecule has 1 aliphatic rings. The van der Waals surface area contributed by atoms with Crippen molar-refractivity contribution in [3.05, 3.63) is 18.1 Å². The summed E-state index contributed by atoms with van der Waals surface area (Å²) in [5.41, 5.74) is 1.04. The zero-order valence-electron chi connectivity index (χ0n) is 11.7. The van der Waals surface area contributed by atoms with E-state index in [-0.39, 0.29) is 0 Å². The summed E-state index contributed by atoms with van der Waals surface area (Å²) < 4.78 is 0. The van der Waals surface area contributed by atoms with Gasteiger partial charge in [0.2, 0.25) is 0 Å². The molecule has 18 heavy (non-hydrogen) atoms. The summed E-state index contributed by atoms with van der Waals surface area (Å²) in [4.78, 5) is 11.4. The van der Waals surface area contributed by atoms with Crippen LogP contribution in [0.4, 0.5) is 5.82 Å². The first-order valence-corrected chi connectivity index (χ1v) is 7.01. The molecule has 1 heterocycles. The third-order valence-electron chi connectivity index (χ3n) is 3.20. The molecular formula is C14H24N4. The summed E-state index contributed by atoms with van der Waals surface area (Å²) in [6.45, 7) is 8.47. The molecule has 0 saturated heterocycles. The normalized spacial score (nSPS) is 15.1. The van der Waals surface area contributed by atoms with Crippen molar-refractivity contribution in [3.63, 3.8) is 0 Å². The number of hydrogen-bond donors (Lipinski definition) is 1. The highest BCUT2D eigenvalue weighted by Gasteiger charge is 2.20. The van der Waals surface area contributed by atoms with Crippen molar-refractivity contribution in [1.29, 1.82) is 0 Å². The minimum atomic E-state index is 0.464.